The Morgan fingerprint density at radius 2 is 1.71 bits per heavy atom. The average Bonchev–Trinajstić information content (AvgIpc) is 2.26. The second kappa shape index (κ2) is 0.738. The second-order valence-corrected chi connectivity index (χ2v) is 1.98. The molecule has 0 amide bonds. The van der Waals surface area contributed by atoms with Crippen molar-refractivity contribution in [2.24, 2.45) is 0 Å². The van der Waals surface area contributed by atoms with Crippen LogP contribution in [0.15, 0.2) is 18.2 Å². The zero-order valence-electron chi connectivity index (χ0n) is 4.23. The van der Waals surface area contributed by atoms with E-state index in [1.807, 2.05) is 0 Å². The maximum absolute atomic E-state index is 2.16. The molecule has 0 saturated heterocycles. The van der Waals surface area contributed by atoms with Crippen LogP contribution in [0.2, 0.25) is 0 Å². The van der Waals surface area contributed by atoms with Crippen molar-refractivity contribution in [3.05, 3.63) is 23.8 Å². The SMILES string of the molecule is Cc1c2cccc1-2. The Balaban J connectivity index is 2.78. The lowest BCUT2D eigenvalue weighted by atomic mass is 10.5. The summed E-state index contributed by atoms with van der Waals surface area (Å²) in [5, 5.41) is 0. The fourth-order valence-electron chi connectivity index (χ4n) is 0.991. The summed E-state index contributed by atoms with van der Waals surface area (Å²) in [6.45, 7) is 2.16. The maximum Gasteiger partial charge on any atom is -0.0146 e. The Bertz CT molecular complexity index is 191. The average molecular weight is 90.1 g/mol. The van der Waals surface area contributed by atoms with E-state index < -0.39 is 0 Å². The molecule has 0 radical (unpaired) electrons. The van der Waals surface area contributed by atoms with Gasteiger partial charge in [0.15, 0.2) is 0 Å². The molecule has 0 fully saturated rings. The lowest BCUT2D eigenvalue weighted by Gasteiger charge is -1.57. The molecule has 2 aliphatic rings. The molecule has 0 unspecified atom stereocenters. The van der Waals surface area contributed by atoms with Crippen LogP contribution >= 0.6 is 0 Å². The Labute approximate surface area is 42.8 Å². The highest BCUT2D eigenvalue weighted by atomic mass is 14.2. The smallest absolute Gasteiger partial charge is 0.0146 e. The van der Waals surface area contributed by atoms with Crippen LogP contribution in [0.4, 0.5) is 0 Å². The zero-order valence-corrected chi connectivity index (χ0v) is 4.23. The number of aryl methyl sites for hydroxylation is 1. The van der Waals surface area contributed by atoms with E-state index in [1.165, 1.54) is 16.7 Å². The first-order chi connectivity index (χ1) is 3.39. The molecule has 2 aliphatic carbocycles. The van der Waals surface area contributed by atoms with Gasteiger partial charge in [0.25, 0.3) is 0 Å². The number of hydrogen-bond acceptors (Lipinski definition) is 0. The van der Waals surface area contributed by atoms with E-state index >= 15 is 0 Å². The molecule has 0 aliphatic heterocycles. The molecule has 2 rings (SSSR count). The summed E-state index contributed by atoms with van der Waals surface area (Å²) in [6, 6.07) is 6.41. The third-order valence-corrected chi connectivity index (χ3v) is 1.56. The van der Waals surface area contributed by atoms with Crippen LogP contribution in [0.3, 0.4) is 0 Å². The summed E-state index contributed by atoms with van der Waals surface area (Å²) in [6.07, 6.45) is 0. The molecule has 0 spiro atoms. The quantitative estimate of drug-likeness (QED) is 0.464. The molecule has 0 heteroatoms. The van der Waals surface area contributed by atoms with Crippen molar-refractivity contribution in [3.63, 3.8) is 0 Å². The number of fused-ring (bicyclic) bond motifs is 1. The van der Waals surface area contributed by atoms with E-state index in [9.17, 15) is 0 Å². The minimum Gasteiger partial charge on any atom is -0.0610 e. The van der Waals surface area contributed by atoms with Crippen molar-refractivity contribution >= 4 is 0 Å². The van der Waals surface area contributed by atoms with Crippen molar-refractivity contribution in [1.82, 2.24) is 0 Å². The van der Waals surface area contributed by atoms with Crippen molar-refractivity contribution < 1.29 is 0 Å². The molecule has 34 valence electrons. The number of benzene rings is 1. The molecule has 0 aromatic rings. The Morgan fingerprint density at radius 3 is 2.00 bits per heavy atom. The normalized spacial score (nSPS) is 11.6. The van der Waals surface area contributed by atoms with Crippen LogP contribution in [0.25, 0.3) is 11.1 Å². The fourth-order valence-corrected chi connectivity index (χ4v) is 0.991. The molecule has 0 aromatic heterocycles. The molecular weight excluding hydrogens is 84.1 g/mol. The van der Waals surface area contributed by atoms with Crippen LogP contribution in [0.5, 0.6) is 0 Å². The van der Waals surface area contributed by atoms with Crippen molar-refractivity contribution in [3.8, 4) is 11.1 Å². The number of rotatable bonds is 0. The topological polar surface area (TPSA) is 0 Å². The lowest BCUT2D eigenvalue weighted by Crippen LogP contribution is -1.37. The highest BCUT2D eigenvalue weighted by Crippen LogP contribution is 2.40. The summed E-state index contributed by atoms with van der Waals surface area (Å²) in [4.78, 5) is 0. The summed E-state index contributed by atoms with van der Waals surface area (Å²) >= 11 is 0. The van der Waals surface area contributed by atoms with E-state index in [0.29, 0.717) is 0 Å². The second-order valence-electron chi connectivity index (χ2n) is 1.98. The van der Waals surface area contributed by atoms with Gasteiger partial charge in [-0.05, 0) is 23.6 Å². The monoisotopic (exact) mass is 90.0 g/mol. The minimum atomic E-state index is 1.47. The largest absolute Gasteiger partial charge is 0.0610 e. The van der Waals surface area contributed by atoms with Crippen LogP contribution in [-0.2, 0) is 0 Å². The van der Waals surface area contributed by atoms with Gasteiger partial charge in [0.2, 0.25) is 0 Å². The molecule has 0 atom stereocenters. The third-order valence-electron chi connectivity index (χ3n) is 1.56. The van der Waals surface area contributed by atoms with Gasteiger partial charge in [0.05, 0.1) is 0 Å². The highest BCUT2D eigenvalue weighted by Gasteiger charge is 2.17. The predicted molar refractivity (Wildman–Crippen MR) is 30.2 cm³/mol. The number of hydrogen-bond donors (Lipinski definition) is 0. The van der Waals surface area contributed by atoms with Crippen molar-refractivity contribution in [1.29, 1.82) is 0 Å². The minimum absolute atomic E-state index is 1.47. The Morgan fingerprint density at radius 1 is 1.14 bits per heavy atom. The first-order valence-electron chi connectivity index (χ1n) is 2.49. The molecule has 0 heterocycles. The molecule has 0 saturated carbocycles. The first-order valence-corrected chi connectivity index (χ1v) is 2.49. The van der Waals surface area contributed by atoms with E-state index in [-0.39, 0.29) is 0 Å². The lowest BCUT2D eigenvalue weighted by molar-refractivity contribution is 1.68. The maximum atomic E-state index is 2.16. The van der Waals surface area contributed by atoms with Gasteiger partial charge in [-0.25, -0.2) is 0 Å². The van der Waals surface area contributed by atoms with Crippen LogP contribution in [-0.4, -0.2) is 0 Å². The van der Waals surface area contributed by atoms with Gasteiger partial charge in [-0.3, -0.25) is 0 Å². The predicted octanol–water partition coefficient (Wildman–Crippen LogP) is 1.98. The van der Waals surface area contributed by atoms with Crippen molar-refractivity contribution in [2.75, 3.05) is 0 Å². The van der Waals surface area contributed by atoms with Gasteiger partial charge in [0, 0.05) is 0 Å². The Kier molecular flexibility index (Phi) is 0.343. The van der Waals surface area contributed by atoms with Crippen LogP contribution in [0, 0.1) is 6.92 Å². The fraction of sp³-hybridized carbons (Fsp3) is 0.143. The van der Waals surface area contributed by atoms with Crippen LogP contribution in [0.1, 0.15) is 5.56 Å². The van der Waals surface area contributed by atoms with Gasteiger partial charge < -0.3 is 0 Å². The van der Waals surface area contributed by atoms with Gasteiger partial charge in [0.1, 0.15) is 0 Å². The summed E-state index contributed by atoms with van der Waals surface area (Å²) in [5.41, 5.74) is 4.43. The molecule has 0 bridgehead atoms. The first kappa shape index (κ1) is 3.25. The molecule has 7 heavy (non-hydrogen) atoms. The highest BCUT2D eigenvalue weighted by molar-refractivity contribution is 5.88. The van der Waals surface area contributed by atoms with Crippen LogP contribution < -0.4 is 0 Å². The van der Waals surface area contributed by atoms with Gasteiger partial charge >= 0.3 is 0 Å². The van der Waals surface area contributed by atoms with E-state index in [2.05, 4.69) is 25.1 Å². The zero-order chi connectivity index (χ0) is 4.85. The summed E-state index contributed by atoms with van der Waals surface area (Å²) < 4.78 is 0. The van der Waals surface area contributed by atoms with Gasteiger partial charge in [-0.1, -0.05) is 18.2 Å². The third kappa shape index (κ3) is 0.234. The Hall–Kier alpha value is -0.780. The molecule has 0 nitrogen and oxygen atoms in total. The summed E-state index contributed by atoms with van der Waals surface area (Å²) in [7, 11) is 0. The standard InChI is InChI=1S/C7H6/c1-5-6-3-2-4-7(5)6/h2-4H,1H3. The molecular formula is C7H6. The molecule has 0 N–H and O–H groups in total. The van der Waals surface area contributed by atoms with Crippen molar-refractivity contribution in [2.45, 2.75) is 6.92 Å². The van der Waals surface area contributed by atoms with E-state index in [1.54, 1.807) is 0 Å². The van der Waals surface area contributed by atoms with Gasteiger partial charge in [-0.2, -0.15) is 0 Å². The summed E-state index contributed by atoms with van der Waals surface area (Å²) in [5.74, 6) is 0. The van der Waals surface area contributed by atoms with E-state index in [0.717, 1.165) is 0 Å². The van der Waals surface area contributed by atoms with Gasteiger partial charge in [-0.15, -0.1) is 0 Å². The van der Waals surface area contributed by atoms with E-state index in [4.69, 9.17) is 0 Å². The molecule has 0 aromatic carbocycles.